The molecule has 1 aromatic rings. The van der Waals surface area contributed by atoms with Crippen LogP contribution in [-0.2, 0) is 10.0 Å². The summed E-state index contributed by atoms with van der Waals surface area (Å²) in [5.41, 5.74) is 1.06. The molecular formula is C12H15NO4S. The first-order chi connectivity index (χ1) is 8.39. The maximum absolute atomic E-state index is 11.6. The topological polar surface area (TPSA) is 74.7 Å². The van der Waals surface area contributed by atoms with Gasteiger partial charge < -0.3 is 5.11 Å². The van der Waals surface area contributed by atoms with Crippen LogP contribution in [0.15, 0.2) is 24.3 Å². The van der Waals surface area contributed by atoms with Crippen molar-refractivity contribution in [3.8, 4) is 0 Å². The molecule has 1 N–H and O–H groups in total. The van der Waals surface area contributed by atoms with Crippen molar-refractivity contribution in [2.75, 3.05) is 12.8 Å². The molecule has 1 heterocycles. The van der Waals surface area contributed by atoms with Gasteiger partial charge in [0.15, 0.2) is 0 Å². The summed E-state index contributed by atoms with van der Waals surface area (Å²) in [6.45, 7) is 0.532. The van der Waals surface area contributed by atoms with E-state index in [4.69, 9.17) is 5.11 Å². The highest BCUT2D eigenvalue weighted by molar-refractivity contribution is 7.88. The van der Waals surface area contributed by atoms with E-state index in [0.717, 1.165) is 18.4 Å². The van der Waals surface area contributed by atoms with Gasteiger partial charge in [0.1, 0.15) is 0 Å². The number of hydrogen-bond donors (Lipinski definition) is 1. The number of rotatable bonds is 3. The molecule has 2 rings (SSSR count). The molecule has 0 radical (unpaired) electrons. The van der Waals surface area contributed by atoms with E-state index in [0.29, 0.717) is 6.54 Å². The molecule has 98 valence electrons. The molecule has 0 aliphatic carbocycles. The number of carboxylic acids is 1. The summed E-state index contributed by atoms with van der Waals surface area (Å²) >= 11 is 0. The Morgan fingerprint density at radius 3 is 2.44 bits per heavy atom. The van der Waals surface area contributed by atoms with Gasteiger partial charge in [-0.15, -0.1) is 0 Å². The van der Waals surface area contributed by atoms with E-state index in [1.54, 1.807) is 12.1 Å². The van der Waals surface area contributed by atoms with Gasteiger partial charge in [0.05, 0.1) is 11.8 Å². The molecule has 1 fully saturated rings. The molecule has 0 aromatic heterocycles. The second-order valence-electron chi connectivity index (χ2n) is 4.46. The molecule has 5 nitrogen and oxygen atoms in total. The van der Waals surface area contributed by atoms with E-state index in [9.17, 15) is 13.2 Å². The second kappa shape index (κ2) is 4.70. The maximum atomic E-state index is 11.6. The Labute approximate surface area is 106 Å². The Kier molecular flexibility index (Phi) is 3.41. The molecule has 1 unspecified atom stereocenters. The molecule has 18 heavy (non-hydrogen) atoms. The number of sulfonamides is 1. The molecule has 0 spiro atoms. The van der Waals surface area contributed by atoms with Crippen molar-refractivity contribution in [1.29, 1.82) is 0 Å². The van der Waals surface area contributed by atoms with Crippen molar-refractivity contribution in [3.63, 3.8) is 0 Å². The van der Waals surface area contributed by atoms with Crippen LogP contribution in [0.3, 0.4) is 0 Å². The first kappa shape index (κ1) is 13.0. The highest BCUT2D eigenvalue weighted by Crippen LogP contribution is 2.33. The normalized spacial score (nSPS) is 21.1. The van der Waals surface area contributed by atoms with E-state index < -0.39 is 16.0 Å². The van der Waals surface area contributed by atoms with Gasteiger partial charge >= 0.3 is 5.97 Å². The van der Waals surface area contributed by atoms with E-state index in [1.807, 2.05) is 0 Å². The van der Waals surface area contributed by atoms with Gasteiger partial charge in [-0.3, -0.25) is 0 Å². The molecule has 1 aromatic carbocycles. The van der Waals surface area contributed by atoms with Crippen LogP contribution in [0.1, 0.15) is 34.8 Å². The van der Waals surface area contributed by atoms with Crippen molar-refractivity contribution >= 4 is 16.0 Å². The smallest absolute Gasteiger partial charge is 0.335 e. The lowest BCUT2D eigenvalue weighted by atomic mass is 10.0. The number of aromatic carboxylic acids is 1. The fourth-order valence-corrected chi connectivity index (χ4v) is 3.47. The summed E-state index contributed by atoms with van der Waals surface area (Å²) in [4.78, 5) is 10.8. The van der Waals surface area contributed by atoms with Crippen LogP contribution < -0.4 is 0 Å². The SMILES string of the molecule is CS(=O)(=O)N1CCCC1c1ccc(C(=O)O)cc1. The van der Waals surface area contributed by atoms with Crippen LogP contribution in [0.2, 0.25) is 0 Å². The Morgan fingerprint density at radius 2 is 1.94 bits per heavy atom. The van der Waals surface area contributed by atoms with Gasteiger partial charge in [-0.2, -0.15) is 4.31 Å². The number of carboxylic acid groups (broad SMARTS) is 1. The first-order valence-corrected chi connectivity index (χ1v) is 7.54. The Bertz CT molecular complexity index is 550. The van der Waals surface area contributed by atoms with Gasteiger partial charge in [0.2, 0.25) is 10.0 Å². The Hall–Kier alpha value is -1.40. The van der Waals surface area contributed by atoms with Gasteiger partial charge in [-0.05, 0) is 30.5 Å². The minimum absolute atomic E-state index is 0.164. The lowest BCUT2D eigenvalue weighted by Crippen LogP contribution is -2.29. The molecular weight excluding hydrogens is 254 g/mol. The molecule has 0 amide bonds. The maximum Gasteiger partial charge on any atom is 0.335 e. The summed E-state index contributed by atoms with van der Waals surface area (Å²) < 4.78 is 24.7. The summed E-state index contributed by atoms with van der Waals surface area (Å²) in [6.07, 6.45) is 2.81. The first-order valence-electron chi connectivity index (χ1n) is 5.69. The summed E-state index contributed by atoms with van der Waals surface area (Å²) in [5, 5.41) is 8.82. The molecule has 1 aliphatic heterocycles. The van der Waals surface area contributed by atoms with Gasteiger partial charge in [0.25, 0.3) is 0 Å². The van der Waals surface area contributed by atoms with Crippen molar-refractivity contribution in [3.05, 3.63) is 35.4 Å². The van der Waals surface area contributed by atoms with Crippen molar-refractivity contribution < 1.29 is 18.3 Å². The zero-order valence-electron chi connectivity index (χ0n) is 10.0. The molecule has 1 atom stereocenters. The number of benzene rings is 1. The standard InChI is InChI=1S/C12H15NO4S/c1-18(16,17)13-8-2-3-11(13)9-4-6-10(7-5-9)12(14)15/h4-7,11H,2-3,8H2,1H3,(H,14,15). The molecule has 6 heteroatoms. The third-order valence-corrected chi connectivity index (χ3v) is 4.46. The van der Waals surface area contributed by atoms with Gasteiger partial charge in [0, 0.05) is 12.6 Å². The minimum Gasteiger partial charge on any atom is -0.478 e. The van der Waals surface area contributed by atoms with Gasteiger partial charge in [-0.1, -0.05) is 12.1 Å². The lowest BCUT2D eigenvalue weighted by Gasteiger charge is -2.22. The van der Waals surface area contributed by atoms with Crippen LogP contribution in [-0.4, -0.2) is 36.6 Å². The number of nitrogens with zero attached hydrogens (tertiary/aromatic N) is 1. The zero-order valence-corrected chi connectivity index (χ0v) is 10.9. The molecule has 0 saturated carbocycles. The van der Waals surface area contributed by atoms with Crippen LogP contribution in [0, 0.1) is 0 Å². The van der Waals surface area contributed by atoms with E-state index in [1.165, 1.54) is 22.7 Å². The van der Waals surface area contributed by atoms with Crippen LogP contribution >= 0.6 is 0 Å². The summed E-state index contributed by atoms with van der Waals surface area (Å²) in [5.74, 6) is -0.979. The zero-order chi connectivity index (χ0) is 13.3. The predicted octanol–water partition coefficient (Wildman–Crippen LogP) is 1.48. The summed E-state index contributed by atoms with van der Waals surface area (Å²) in [6, 6.07) is 6.24. The van der Waals surface area contributed by atoms with Crippen molar-refractivity contribution in [2.24, 2.45) is 0 Å². The van der Waals surface area contributed by atoms with Crippen LogP contribution in [0.5, 0.6) is 0 Å². The quantitative estimate of drug-likeness (QED) is 0.902. The fraction of sp³-hybridized carbons (Fsp3) is 0.417. The summed E-state index contributed by atoms with van der Waals surface area (Å²) in [7, 11) is -3.21. The predicted molar refractivity (Wildman–Crippen MR) is 66.9 cm³/mol. The van der Waals surface area contributed by atoms with Crippen LogP contribution in [0.25, 0.3) is 0 Å². The molecule has 1 saturated heterocycles. The second-order valence-corrected chi connectivity index (χ2v) is 6.39. The van der Waals surface area contributed by atoms with E-state index in [-0.39, 0.29) is 11.6 Å². The lowest BCUT2D eigenvalue weighted by molar-refractivity contribution is 0.0697. The molecule has 1 aliphatic rings. The minimum atomic E-state index is -3.21. The van der Waals surface area contributed by atoms with Crippen molar-refractivity contribution in [2.45, 2.75) is 18.9 Å². The van der Waals surface area contributed by atoms with Gasteiger partial charge in [-0.25, -0.2) is 13.2 Å². The average molecular weight is 269 g/mol. The Morgan fingerprint density at radius 1 is 1.33 bits per heavy atom. The highest BCUT2D eigenvalue weighted by atomic mass is 32.2. The monoisotopic (exact) mass is 269 g/mol. The highest BCUT2D eigenvalue weighted by Gasteiger charge is 2.32. The average Bonchev–Trinajstić information content (AvgIpc) is 2.77. The van der Waals surface area contributed by atoms with Crippen molar-refractivity contribution in [1.82, 2.24) is 4.31 Å². The third kappa shape index (κ3) is 2.54. The largest absolute Gasteiger partial charge is 0.478 e. The van der Waals surface area contributed by atoms with E-state index in [2.05, 4.69) is 0 Å². The molecule has 0 bridgehead atoms. The van der Waals surface area contributed by atoms with E-state index >= 15 is 0 Å². The van der Waals surface area contributed by atoms with Crippen LogP contribution in [0.4, 0.5) is 0 Å². The number of hydrogen-bond acceptors (Lipinski definition) is 3. The number of carbonyl (C=O) groups is 1. The third-order valence-electron chi connectivity index (χ3n) is 3.17. The fourth-order valence-electron chi connectivity index (χ4n) is 2.32. The Balaban J connectivity index is 2.28.